The first-order chi connectivity index (χ1) is 9.20. The summed E-state index contributed by atoms with van der Waals surface area (Å²) < 4.78 is 5.61. The Morgan fingerprint density at radius 2 is 1.74 bits per heavy atom. The van der Waals surface area contributed by atoms with Gasteiger partial charge in [-0.2, -0.15) is 0 Å². The first-order valence-electron chi connectivity index (χ1n) is 6.71. The van der Waals surface area contributed by atoms with Crippen LogP contribution in [0.15, 0.2) is 42.5 Å². The molecule has 2 heteroatoms. The van der Waals surface area contributed by atoms with Crippen LogP contribution in [0.3, 0.4) is 0 Å². The van der Waals surface area contributed by atoms with Gasteiger partial charge in [0.05, 0.1) is 6.61 Å². The SMILES string of the molecule is Cc1ccc(C)c(-c2ccc(OCCCN)cc2)c1. The summed E-state index contributed by atoms with van der Waals surface area (Å²) in [5, 5.41) is 0. The maximum atomic E-state index is 5.61. The quantitative estimate of drug-likeness (QED) is 0.827. The summed E-state index contributed by atoms with van der Waals surface area (Å²) in [6, 6.07) is 14.8. The molecule has 2 rings (SSSR count). The number of hydrogen-bond acceptors (Lipinski definition) is 2. The highest BCUT2D eigenvalue weighted by Crippen LogP contribution is 2.26. The highest BCUT2D eigenvalue weighted by Gasteiger charge is 2.02. The molecule has 0 fully saturated rings. The molecule has 0 aromatic heterocycles. The Hall–Kier alpha value is -1.80. The van der Waals surface area contributed by atoms with Crippen LogP contribution in [0.5, 0.6) is 5.75 Å². The zero-order valence-electron chi connectivity index (χ0n) is 11.6. The van der Waals surface area contributed by atoms with Gasteiger partial charge in [-0.05, 0) is 55.6 Å². The molecule has 0 aliphatic carbocycles. The van der Waals surface area contributed by atoms with Crippen molar-refractivity contribution >= 4 is 0 Å². The molecule has 0 spiro atoms. The minimum absolute atomic E-state index is 0.667. The van der Waals surface area contributed by atoms with Gasteiger partial charge in [0, 0.05) is 0 Å². The Morgan fingerprint density at radius 1 is 1.00 bits per heavy atom. The first kappa shape index (κ1) is 13.6. The van der Waals surface area contributed by atoms with E-state index in [1.807, 2.05) is 12.1 Å². The molecule has 0 heterocycles. The third-order valence-electron chi connectivity index (χ3n) is 3.18. The normalized spacial score (nSPS) is 10.5. The lowest BCUT2D eigenvalue weighted by molar-refractivity contribution is 0.313. The molecule has 2 nitrogen and oxygen atoms in total. The van der Waals surface area contributed by atoms with E-state index in [0.29, 0.717) is 13.2 Å². The molecule has 2 aromatic carbocycles. The van der Waals surface area contributed by atoms with Crippen molar-refractivity contribution in [2.24, 2.45) is 5.73 Å². The lowest BCUT2D eigenvalue weighted by atomic mass is 9.98. The lowest BCUT2D eigenvalue weighted by Crippen LogP contribution is -2.05. The van der Waals surface area contributed by atoms with E-state index in [2.05, 4.69) is 44.2 Å². The molecule has 0 saturated carbocycles. The van der Waals surface area contributed by atoms with Gasteiger partial charge < -0.3 is 10.5 Å². The fourth-order valence-corrected chi connectivity index (χ4v) is 2.05. The zero-order chi connectivity index (χ0) is 13.7. The third-order valence-corrected chi connectivity index (χ3v) is 3.18. The predicted molar refractivity (Wildman–Crippen MR) is 80.5 cm³/mol. The molecule has 2 aromatic rings. The Morgan fingerprint density at radius 3 is 2.42 bits per heavy atom. The number of benzene rings is 2. The topological polar surface area (TPSA) is 35.2 Å². The van der Waals surface area contributed by atoms with Crippen LogP contribution in [0, 0.1) is 13.8 Å². The first-order valence-corrected chi connectivity index (χ1v) is 6.71. The second kappa shape index (κ2) is 6.39. The van der Waals surface area contributed by atoms with Crippen LogP contribution in [-0.4, -0.2) is 13.2 Å². The van der Waals surface area contributed by atoms with Gasteiger partial charge in [0.15, 0.2) is 0 Å². The number of rotatable bonds is 5. The van der Waals surface area contributed by atoms with Gasteiger partial charge in [-0.15, -0.1) is 0 Å². The van der Waals surface area contributed by atoms with E-state index in [1.165, 1.54) is 22.3 Å². The fourth-order valence-electron chi connectivity index (χ4n) is 2.05. The zero-order valence-corrected chi connectivity index (χ0v) is 11.6. The van der Waals surface area contributed by atoms with Crippen LogP contribution in [0.4, 0.5) is 0 Å². The van der Waals surface area contributed by atoms with Crippen LogP contribution in [0.2, 0.25) is 0 Å². The molecule has 0 bridgehead atoms. The molecule has 0 aliphatic rings. The Labute approximate surface area is 115 Å². The minimum atomic E-state index is 0.667. The van der Waals surface area contributed by atoms with E-state index in [1.54, 1.807) is 0 Å². The van der Waals surface area contributed by atoms with E-state index in [9.17, 15) is 0 Å². The third kappa shape index (κ3) is 3.58. The van der Waals surface area contributed by atoms with Crippen molar-refractivity contribution in [1.29, 1.82) is 0 Å². The predicted octanol–water partition coefficient (Wildman–Crippen LogP) is 3.70. The van der Waals surface area contributed by atoms with E-state index >= 15 is 0 Å². The van der Waals surface area contributed by atoms with Crippen molar-refractivity contribution in [2.45, 2.75) is 20.3 Å². The maximum absolute atomic E-state index is 5.61. The van der Waals surface area contributed by atoms with Crippen molar-refractivity contribution in [1.82, 2.24) is 0 Å². The summed E-state index contributed by atoms with van der Waals surface area (Å²) in [6.07, 6.45) is 0.888. The van der Waals surface area contributed by atoms with Crippen LogP contribution < -0.4 is 10.5 Å². The molecule has 0 unspecified atom stereocenters. The van der Waals surface area contributed by atoms with Crippen molar-refractivity contribution in [2.75, 3.05) is 13.2 Å². The van der Waals surface area contributed by atoms with Gasteiger partial charge >= 0.3 is 0 Å². The minimum Gasteiger partial charge on any atom is -0.494 e. The van der Waals surface area contributed by atoms with Gasteiger partial charge in [0.25, 0.3) is 0 Å². The smallest absolute Gasteiger partial charge is 0.119 e. The summed E-state index contributed by atoms with van der Waals surface area (Å²) in [4.78, 5) is 0. The van der Waals surface area contributed by atoms with Crippen LogP contribution >= 0.6 is 0 Å². The van der Waals surface area contributed by atoms with Crippen molar-refractivity contribution in [3.05, 3.63) is 53.6 Å². The van der Waals surface area contributed by atoms with Gasteiger partial charge in [-0.3, -0.25) is 0 Å². The monoisotopic (exact) mass is 255 g/mol. The van der Waals surface area contributed by atoms with Gasteiger partial charge in [-0.25, -0.2) is 0 Å². The van der Waals surface area contributed by atoms with Crippen LogP contribution in [0.25, 0.3) is 11.1 Å². The molecule has 0 amide bonds. The largest absolute Gasteiger partial charge is 0.494 e. The number of nitrogens with two attached hydrogens (primary N) is 1. The van der Waals surface area contributed by atoms with Crippen LogP contribution in [0.1, 0.15) is 17.5 Å². The number of ether oxygens (including phenoxy) is 1. The summed E-state index contributed by atoms with van der Waals surface area (Å²) in [5.74, 6) is 0.905. The Bertz CT molecular complexity index is 531. The second-order valence-corrected chi connectivity index (χ2v) is 4.83. The van der Waals surface area contributed by atoms with E-state index in [4.69, 9.17) is 10.5 Å². The summed E-state index contributed by atoms with van der Waals surface area (Å²) in [7, 11) is 0. The molecule has 0 radical (unpaired) electrons. The average molecular weight is 255 g/mol. The van der Waals surface area contributed by atoms with E-state index in [0.717, 1.165) is 12.2 Å². The molecule has 100 valence electrons. The second-order valence-electron chi connectivity index (χ2n) is 4.83. The summed E-state index contributed by atoms with van der Waals surface area (Å²) in [5.41, 5.74) is 10.5. The molecular weight excluding hydrogens is 234 g/mol. The van der Waals surface area contributed by atoms with Crippen molar-refractivity contribution < 1.29 is 4.74 Å². The van der Waals surface area contributed by atoms with Gasteiger partial charge in [0.1, 0.15) is 5.75 Å². The Kier molecular flexibility index (Phi) is 4.58. The summed E-state index contributed by atoms with van der Waals surface area (Å²) in [6.45, 7) is 5.60. The lowest BCUT2D eigenvalue weighted by Gasteiger charge is -2.09. The molecule has 0 atom stereocenters. The van der Waals surface area contributed by atoms with E-state index < -0.39 is 0 Å². The number of hydrogen-bond donors (Lipinski definition) is 1. The summed E-state index contributed by atoms with van der Waals surface area (Å²) >= 11 is 0. The fraction of sp³-hybridized carbons (Fsp3) is 0.294. The maximum Gasteiger partial charge on any atom is 0.119 e. The molecule has 0 aliphatic heterocycles. The molecule has 19 heavy (non-hydrogen) atoms. The van der Waals surface area contributed by atoms with E-state index in [-0.39, 0.29) is 0 Å². The highest BCUT2D eigenvalue weighted by molar-refractivity contribution is 5.68. The standard InChI is InChI=1S/C17H21NO/c1-13-4-5-14(2)17(12-13)15-6-8-16(9-7-15)19-11-3-10-18/h4-9,12H,3,10-11,18H2,1-2H3. The molecule has 0 saturated heterocycles. The highest BCUT2D eigenvalue weighted by atomic mass is 16.5. The van der Waals surface area contributed by atoms with Gasteiger partial charge in [-0.1, -0.05) is 35.9 Å². The number of aryl methyl sites for hydroxylation is 2. The van der Waals surface area contributed by atoms with Crippen molar-refractivity contribution in [3.8, 4) is 16.9 Å². The average Bonchev–Trinajstić information content (AvgIpc) is 2.43. The van der Waals surface area contributed by atoms with Crippen LogP contribution in [-0.2, 0) is 0 Å². The van der Waals surface area contributed by atoms with Gasteiger partial charge in [0.2, 0.25) is 0 Å². The Balaban J connectivity index is 2.15. The van der Waals surface area contributed by atoms with Crippen molar-refractivity contribution in [3.63, 3.8) is 0 Å². The molecular formula is C17H21NO. The molecule has 2 N–H and O–H groups in total.